The summed E-state index contributed by atoms with van der Waals surface area (Å²) in [5.74, 6) is -0.412. The van der Waals surface area contributed by atoms with Crippen molar-refractivity contribution in [3.05, 3.63) is 24.0 Å². The van der Waals surface area contributed by atoms with E-state index < -0.39 is 5.97 Å². The molecule has 6 heteroatoms. The molecule has 0 spiro atoms. The molecule has 0 radical (unpaired) electrons. The number of carboxylic acid groups (broad SMARTS) is 1. The third-order valence-electron chi connectivity index (χ3n) is 2.99. The van der Waals surface area contributed by atoms with Crippen LogP contribution in [0.3, 0.4) is 0 Å². The Morgan fingerprint density at radius 2 is 2.21 bits per heavy atom. The predicted molar refractivity (Wildman–Crippen MR) is 70.8 cm³/mol. The molecule has 0 unspecified atom stereocenters. The zero-order valence-corrected chi connectivity index (χ0v) is 11.4. The van der Waals surface area contributed by atoms with Gasteiger partial charge in [0.1, 0.15) is 11.3 Å². The fourth-order valence-electron chi connectivity index (χ4n) is 1.88. The highest BCUT2D eigenvalue weighted by Gasteiger charge is 2.19. The minimum Gasteiger partial charge on any atom is -0.478 e. The Morgan fingerprint density at radius 3 is 2.74 bits per heavy atom. The molecule has 0 fully saturated rings. The molecule has 0 aromatic carbocycles. The molecule has 0 aliphatic carbocycles. The zero-order valence-electron chi connectivity index (χ0n) is 11.4. The number of hydrogen-bond acceptors (Lipinski definition) is 3. The Balaban J connectivity index is 2.37. The Morgan fingerprint density at radius 1 is 1.47 bits per heavy atom. The summed E-state index contributed by atoms with van der Waals surface area (Å²) < 4.78 is 3.33. The number of aromatic carboxylic acids is 1. The van der Waals surface area contributed by atoms with Gasteiger partial charge in [0.15, 0.2) is 0 Å². The van der Waals surface area contributed by atoms with E-state index in [9.17, 15) is 9.90 Å². The van der Waals surface area contributed by atoms with E-state index in [-0.39, 0.29) is 5.56 Å². The van der Waals surface area contributed by atoms with Crippen LogP contribution in [0.4, 0.5) is 0 Å². The highest BCUT2D eigenvalue weighted by atomic mass is 16.4. The first-order chi connectivity index (χ1) is 8.99. The van der Waals surface area contributed by atoms with Gasteiger partial charge in [-0.15, -0.1) is 0 Å². The molecule has 0 amide bonds. The molecule has 0 aliphatic rings. The number of hydrogen-bond donors (Lipinski definition) is 1. The Hall–Kier alpha value is -2.11. The molecular formula is C13H18N4O2. The number of carbonyl (C=O) groups is 1. The van der Waals surface area contributed by atoms with Crippen molar-refractivity contribution >= 4 is 5.97 Å². The van der Waals surface area contributed by atoms with E-state index in [4.69, 9.17) is 0 Å². The molecule has 0 aliphatic heterocycles. The minimum absolute atomic E-state index is 0.215. The van der Waals surface area contributed by atoms with Crippen molar-refractivity contribution in [3.63, 3.8) is 0 Å². The molecule has 0 saturated carbocycles. The predicted octanol–water partition coefficient (Wildman–Crippen LogP) is 2.03. The van der Waals surface area contributed by atoms with Gasteiger partial charge in [-0.1, -0.05) is 13.8 Å². The van der Waals surface area contributed by atoms with E-state index in [0.717, 1.165) is 13.0 Å². The van der Waals surface area contributed by atoms with E-state index in [1.165, 1.54) is 0 Å². The number of rotatable bonds is 5. The summed E-state index contributed by atoms with van der Waals surface area (Å²) in [7, 11) is 1.77. The van der Waals surface area contributed by atoms with Crippen molar-refractivity contribution < 1.29 is 9.90 Å². The Bertz CT molecular complexity index is 583. The summed E-state index contributed by atoms with van der Waals surface area (Å²) in [4.78, 5) is 11.3. The fourth-order valence-corrected chi connectivity index (χ4v) is 1.88. The summed E-state index contributed by atoms with van der Waals surface area (Å²) in [6, 6.07) is 1.77. The van der Waals surface area contributed by atoms with Crippen LogP contribution in [0.1, 0.15) is 30.6 Å². The molecule has 2 rings (SSSR count). The topological polar surface area (TPSA) is 72.9 Å². The normalized spacial score (nSPS) is 11.2. The fraction of sp³-hybridized carbons (Fsp3) is 0.462. The molecule has 19 heavy (non-hydrogen) atoms. The van der Waals surface area contributed by atoms with E-state index >= 15 is 0 Å². The Kier molecular flexibility index (Phi) is 3.69. The SMILES string of the molecule is CC(C)CCn1cc(C(=O)O)c(-c2ccnn2C)n1. The summed E-state index contributed by atoms with van der Waals surface area (Å²) >= 11 is 0. The molecule has 1 N–H and O–H groups in total. The van der Waals surface area contributed by atoms with E-state index in [1.807, 2.05) is 0 Å². The maximum atomic E-state index is 11.3. The zero-order chi connectivity index (χ0) is 14.0. The van der Waals surface area contributed by atoms with Crippen LogP contribution in [0.15, 0.2) is 18.5 Å². The van der Waals surface area contributed by atoms with Crippen LogP contribution in [0.25, 0.3) is 11.4 Å². The second-order valence-electron chi connectivity index (χ2n) is 4.98. The Labute approximate surface area is 111 Å². The molecule has 102 valence electrons. The van der Waals surface area contributed by atoms with Gasteiger partial charge in [0.2, 0.25) is 0 Å². The molecule has 0 saturated heterocycles. The maximum Gasteiger partial charge on any atom is 0.339 e. The molecule has 2 aromatic heterocycles. The van der Waals surface area contributed by atoms with Crippen molar-refractivity contribution in [1.82, 2.24) is 19.6 Å². The monoisotopic (exact) mass is 262 g/mol. The summed E-state index contributed by atoms with van der Waals surface area (Å²) in [6.45, 7) is 4.98. The second-order valence-corrected chi connectivity index (χ2v) is 4.98. The lowest BCUT2D eigenvalue weighted by molar-refractivity contribution is 0.0697. The molecular weight excluding hydrogens is 244 g/mol. The van der Waals surface area contributed by atoms with Gasteiger partial charge >= 0.3 is 5.97 Å². The van der Waals surface area contributed by atoms with Crippen LogP contribution >= 0.6 is 0 Å². The van der Waals surface area contributed by atoms with Gasteiger partial charge in [-0.2, -0.15) is 10.2 Å². The summed E-state index contributed by atoms with van der Waals surface area (Å²) in [5, 5.41) is 17.7. The van der Waals surface area contributed by atoms with E-state index in [1.54, 1.807) is 34.9 Å². The number of carboxylic acids is 1. The lowest BCUT2D eigenvalue weighted by atomic mass is 10.1. The smallest absolute Gasteiger partial charge is 0.339 e. The van der Waals surface area contributed by atoms with Crippen LogP contribution in [0, 0.1) is 5.92 Å². The standard InChI is InChI=1S/C13H18N4O2/c1-9(2)5-7-17-8-10(13(18)19)12(15-17)11-4-6-14-16(11)3/h4,6,8-9H,5,7H2,1-3H3,(H,18,19). The van der Waals surface area contributed by atoms with Crippen LogP contribution in [-0.2, 0) is 13.6 Å². The largest absolute Gasteiger partial charge is 0.478 e. The lowest BCUT2D eigenvalue weighted by Crippen LogP contribution is -2.02. The summed E-state index contributed by atoms with van der Waals surface area (Å²) in [6.07, 6.45) is 4.19. The first-order valence-corrected chi connectivity index (χ1v) is 6.28. The number of aromatic nitrogens is 4. The third kappa shape index (κ3) is 2.83. The minimum atomic E-state index is -0.966. The van der Waals surface area contributed by atoms with E-state index in [0.29, 0.717) is 17.3 Å². The summed E-state index contributed by atoms with van der Waals surface area (Å²) in [5.41, 5.74) is 1.39. The van der Waals surface area contributed by atoms with Crippen molar-refractivity contribution in [1.29, 1.82) is 0 Å². The van der Waals surface area contributed by atoms with Crippen molar-refractivity contribution in [2.75, 3.05) is 0 Å². The van der Waals surface area contributed by atoms with Gasteiger partial charge in [0.25, 0.3) is 0 Å². The van der Waals surface area contributed by atoms with Gasteiger partial charge < -0.3 is 5.11 Å². The van der Waals surface area contributed by atoms with Gasteiger partial charge in [0, 0.05) is 26.0 Å². The first-order valence-electron chi connectivity index (χ1n) is 6.28. The van der Waals surface area contributed by atoms with Crippen molar-refractivity contribution in [3.8, 4) is 11.4 Å². The van der Waals surface area contributed by atoms with Gasteiger partial charge in [-0.3, -0.25) is 9.36 Å². The molecule has 0 bridgehead atoms. The van der Waals surface area contributed by atoms with Crippen LogP contribution < -0.4 is 0 Å². The number of aryl methyl sites for hydroxylation is 2. The van der Waals surface area contributed by atoms with Crippen molar-refractivity contribution in [2.45, 2.75) is 26.8 Å². The quantitative estimate of drug-likeness (QED) is 0.894. The average molecular weight is 262 g/mol. The number of nitrogens with zero attached hydrogens (tertiary/aromatic N) is 4. The molecule has 2 aromatic rings. The average Bonchev–Trinajstić information content (AvgIpc) is 2.91. The second kappa shape index (κ2) is 5.26. The van der Waals surface area contributed by atoms with E-state index in [2.05, 4.69) is 24.0 Å². The molecule has 2 heterocycles. The molecule has 6 nitrogen and oxygen atoms in total. The first kappa shape index (κ1) is 13.3. The van der Waals surface area contributed by atoms with Crippen molar-refractivity contribution in [2.24, 2.45) is 13.0 Å². The lowest BCUT2D eigenvalue weighted by Gasteiger charge is -2.04. The van der Waals surface area contributed by atoms with Gasteiger partial charge in [-0.05, 0) is 18.4 Å². The van der Waals surface area contributed by atoms with Gasteiger partial charge in [-0.25, -0.2) is 4.79 Å². The highest BCUT2D eigenvalue weighted by Crippen LogP contribution is 2.21. The van der Waals surface area contributed by atoms with Gasteiger partial charge in [0.05, 0.1) is 5.69 Å². The maximum absolute atomic E-state index is 11.3. The third-order valence-corrected chi connectivity index (χ3v) is 2.99. The molecule has 0 atom stereocenters. The van der Waals surface area contributed by atoms with Crippen LogP contribution in [-0.4, -0.2) is 30.6 Å². The van der Waals surface area contributed by atoms with Crippen LogP contribution in [0.2, 0.25) is 0 Å². The highest BCUT2D eigenvalue weighted by molar-refractivity contribution is 5.94. The van der Waals surface area contributed by atoms with Crippen LogP contribution in [0.5, 0.6) is 0 Å².